The van der Waals surface area contributed by atoms with E-state index in [2.05, 4.69) is 35.3 Å². The molecule has 1 aromatic heterocycles. The molecule has 4 heteroatoms. The Labute approximate surface area is 188 Å². The summed E-state index contributed by atoms with van der Waals surface area (Å²) in [5.41, 5.74) is 4.54. The van der Waals surface area contributed by atoms with Gasteiger partial charge in [-0.1, -0.05) is 91.0 Å². The molecule has 4 aromatic rings. The predicted octanol–water partition coefficient (Wildman–Crippen LogP) is 6.30. The number of hydrogen-bond acceptors (Lipinski definition) is 4. The first-order valence-corrected chi connectivity index (χ1v) is 11.1. The first-order valence-electron chi connectivity index (χ1n) is 11.1. The Hall–Kier alpha value is -3.66. The van der Waals surface area contributed by atoms with Crippen LogP contribution in [0.1, 0.15) is 47.1 Å². The highest BCUT2D eigenvalue weighted by molar-refractivity contribution is 5.32. The van der Waals surface area contributed by atoms with E-state index in [9.17, 15) is 0 Å². The number of ether oxygens (including phenoxy) is 2. The van der Waals surface area contributed by atoms with Crippen molar-refractivity contribution in [2.75, 3.05) is 0 Å². The molecule has 1 heterocycles. The lowest BCUT2D eigenvalue weighted by atomic mass is 9.68. The molecule has 2 atom stereocenters. The minimum atomic E-state index is 0.346. The van der Waals surface area contributed by atoms with Crippen molar-refractivity contribution in [2.24, 2.45) is 0 Å². The van der Waals surface area contributed by atoms with Crippen LogP contribution in [-0.2, 0) is 13.2 Å². The van der Waals surface area contributed by atoms with Crippen molar-refractivity contribution >= 4 is 0 Å². The van der Waals surface area contributed by atoms with Gasteiger partial charge in [-0.15, -0.1) is 0 Å². The average Bonchev–Trinajstić information content (AvgIpc) is 2.83. The molecular weight excluding hydrogens is 396 g/mol. The van der Waals surface area contributed by atoms with Crippen LogP contribution in [0.25, 0.3) is 0 Å². The van der Waals surface area contributed by atoms with Crippen molar-refractivity contribution in [3.8, 4) is 11.9 Å². The van der Waals surface area contributed by atoms with E-state index in [1.54, 1.807) is 0 Å². The monoisotopic (exact) mass is 422 g/mol. The Morgan fingerprint density at radius 3 is 1.78 bits per heavy atom. The maximum atomic E-state index is 6.05. The Kier molecular flexibility index (Phi) is 6.11. The van der Waals surface area contributed by atoms with Crippen LogP contribution in [0.15, 0.2) is 97.1 Å². The van der Waals surface area contributed by atoms with Gasteiger partial charge in [-0.2, -0.15) is 9.97 Å². The fourth-order valence-electron chi connectivity index (χ4n) is 4.16. The van der Waals surface area contributed by atoms with Gasteiger partial charge in [0.25, 0.3) is 0 Å². The molecule has 2 unspecified atom stereocenters. The van der Waals surface area contributed by atoms with E-state index < -0.39 is 0 Å². The highest BCUT2D eigenvalue weighted by atomic mass is 16.5. The SMILES string of the molecule is c1ccc(COc2cc(C3CCC3c3ccccc3)nc(OCc3ccccc3)n2)cc1. The molecule has 160 valence electrons. The summed E-state index contributed by atoms with van der Waals surface area (Å²) in [6, 6.07) is 33.2. The second kappa shape index (κ2) is 9.65. The molecule has 1 fully saturated rings. The van der Waals surface area contributed by atoms with E-state index in [-0.39, 0.29) is 0 Å². The first-order chi connectivity index (χ1) is 15.8. The van der Waals surface area contributed by atoms with Crippen molar-refractivity contribution in [3.63, 3.8) is 0 Å². The smallest absolute Gasteiger partial charge is 0.320 e. The molecular formula is C28H26N2O2. The quantitative estimate of drug-likeness (QED) is 0.334. The van der Waals surface area contributed by atoms with Crippen molar-refractivity contribution < 1.29 is 9.47 Å². The number of benzene rings is 3. The van der Waals surface area contributed by atoms with Crippen LogP contribution in [0.4, 0.5) is 0 Å². The molecule has 0 saturated heterocycles. The molecule has 0 N–H and O–H groups in total. The Balaban J connectivity index is 1.38. The fraction of sp³-hybridized carbons (Fsp3) is 0.214. The number of hydrogen-bond donors (Lipinski definition) is 0. The number of nitrogens with zero attached hydrogens (tertiary/aromatic N) is 2. The molecule has 3 aromatic carbocycles. The second-order valence-corrected chi connectivity index (χ2v) is 8.16. The topological polar surface area (TPSA) is 44.2 Å². The van der Waals surface area contributed by atoms with Gasteiger partial charge in [-0.3, -0.25) is 0 Å². The summed E-state index contributed by atoms with van der Waals surface area (Å²) in [5, 5.41) is 0. The Morgan fingerprint density at radius 2 is 1.19 bits per heavy atom. The highest BCUT2D eigenvalue weighted by Crippen LogP contribution is 2.49. The van der Waals surface area contributed by atoms with Crippen LogP contribution in [-0.4, -0.2) is 9.97 Å². The third-order valence-electron chi connectivity index (χ3n) is 6.02. The lowest BCUT2D eigenvalue weighted by Crippen LogP contribution is -2.23. The summed E-state index contributed by atoms with van der Waals surface area (Å²) >= 11 is 0. The number of aromatic nitrogens is 2. The van der Waals surface area contributed by atoms with Crippen LogP contribution < -0.4 is 9.47 Å². The summed E-state index contributed by atoms with van der Waals surface area (Å²) in [4.78, 5) is 9.33. The normalized spacial score (nSPS) is 17.4. The molecule has 1 saturated carbocycles. The van der Waals surface area contributed by atoms with Crippen LogP contribution in [0.3, 0.4) is 0 Å². The van der Waals surface area contributed by atoms with E-state index >= 15 is 0 Å². The third-order valence-corrected chi connectivity index (χ3v) is 6.02. The van der Waals surface area contributed by atoms with Crippen LogP contribution in [0.2, 0.25) is 0 Å². The molecule has 0 amide bonds. The van der Waals surface area contributed by atoms with Gasteiger partial charge in [0.1, 0.15) is 13.2 Å². The lowest BCUT2D eigenvalue weighted by molar-refractivity contribution is 0.252. The van der Waals surface area contributed by atoms with Crippen molar-refractivity contribution in [3.05, 3.63) is 119 Å². The van der Waals surface area contributed by atoms with Crippen molar-refractivity contribution in [1.82, 2.24) is 9.97 Å². The summed E-state index contributed by atoms with van der Waals surface area (Å²) in [6.07, 6.45) is 2.27. The Bertz CT molecular complexity index is 1070. The van der Waals surface area contributed by atoms with E-state index in [4.69, 9.17) is 14.5 Å². The van der Waals surface area contributed by atoms with Crippen molar-refractivity contribution in [2.45, 2.75) is 37.9 Å². The van der Waals surface area contributed by atoms with E-state index in [1.165, 1.54) is 12.0 Å². The molecule has 5 rings (SSSR count). The van der Waals surface area contributed by atoms with Crippen LogP contribution >= 0.6 is 0 Å². The zero-order valence-electron chi connectivity index (χ0n) is 17.9. The van der Waals surface area contributed by atoms with Crippen LogP contribution in [0, 0.1) is 0 Å². The zero-order valence-corrected chi connectivity index (χ0v) is 17.9. The summed E-state index contributed by atoms with van der Waals surface area (Å²) < 4.78 is 12.0. The van der Waals surface area contributed by atoms with Crippen molar-refractivity contribution in [1.29, 1.82) is 0 Å². The first kappa shape index (κ1) is 20.3. The van der Waals surface area contributed by atoms with E-state index in [0.29, 0.717) is 36.9 Å². The predicted molar refractivity (Wildman–Crippen MR) is 125 cm³/mol. The van der Waals surface area contributed by atoms with Gasteiger partial charge < -0.3 is 9.47 Å². The molecule has 1 aliphatic carbocycles. The molecule has 0 bridgehead atoms. The van der Waals surface area contributed by atoms with Crippen LogP contribution in [0.5, 0.6) is 11.9 Å². The molecule has 0 radical (unpaired) electrons. The minimum Gasteiger partial charge on any atom is -0.473 e. The van der Waals surface area contributed by atoms with Gasteiger partial charge in [-0.05, 0) is 35.4 Å². The van der Waals surface area contributed by atoms with E-state index in [0.717, 1.165) is 23.2 Å². The molecule has 4 nitrogen and oxygen atoms in total. The largest absolute Gasteiger partial charge is 0.473 e. The van der Waals surface area contributed by atoms with Gasteiger partial charge in [-0.25, -0.2) is 0 Å². The highest BCUT2D eigenvalue weighted by Gasteiger charge is 2.35. The average molecular weight is 423 g/mol. The van der Waals surface area contributed by atoms with Gasteiger partial charge in [0.2, 0.25) is 5.88 Å². The molecule has 32 heavy (non-hydrogen) atoms. The van der Waals surface area contributed by atoms with Gasteiger partial charge in [0.05, 0.1) is 5.69 Å². The maximum absolute atomic E-state index is 6.05. The Morgan fingerprint density at radius 1 is 0.625 bits per heavy atom. The molecule has 0 aliphatic heterocycles. The zero-order chi connectivity index (χ0) is 21.6. The summed E-state index contributed by atoms with van der Waals surface area (Å²) in [7, 11) is 0. The minimum absolute atomic E-state index is 0.346. The van der Waals surface area contributed by atoms with E-state index in [1.807, 2.05) is 66.7 Å². The summed E-state index contributed by atoms with van der Waals surface area (Å²) in [5.74, 6) is 1.37. The lowest BCUT2D eigenvalue weighted by Gasteiger charge is -2.36. The molecule has 1 aliphatic rings. The van der Waals surface area contributed by atoms with Gasteiger partial charge in [0.15, 0.2) is 0 Å². The second-order valence-electron chi connectivity index (χ2n) is 8.16. The number of rotatable bonds is 8. The third kappa shape index (κ3) is 4.80. The maximum Gasteiger partial charge on any atom is 0.320 e. The standard InChI is InChI=1S/C28H26N2O2/c1-4-10-21(11-5-1)19-31-27-18-26(25-17-16-24(25)23-14-8-3-9-15-23)29-28(30-27)32-20-22-12-6-2-7-13-22/h1-15,18,24-25H,16-17,19-20H2. The fourth-order valence-corrected chi connectivity index (χ4v) is 4.16. The summed E-state index contributed by atoms with van der Waals surface area (Å²) in [6.45, 7) is 0.886. The van der Waals surface area contributed by atoms with Gasteiger partial charge in [0, 0.05) is 12.0 Å². The van der Waals surface area contributed by atoms with Gasteiger partial charge >= 0.3 is 6.01 Å². The molecule has 0 spiro atoms.